The first-order valence-electron chi connectivity index (χ1n) is 5.22. The molecule has 0 aliphatic carbocycles. The lowest BCUT2D eigenvalue weighted by atomic mass is 10.1. The van der Waals surface area contributed by atoms with Crippen molar-refractivity contribution in [3.05, 3.63) is 28.5 Å². The van der Waals surface area contributed by atoms with E-state index in [0.717, 1.165) is 27.4 Å². The lowest BCUT2D eigenvalue weighted by molar-refractivity contribution is 0.498. The van der Waals surface area contributed by atoms with E-state index in [1.165, 1.54) is 0 Å². The van der Waals surface area contributed by atoms with E-state index in [-0.39, 0.29) is 0 Å². The molecule has 0 fully saturated rings. The van der Waals surface area contributed by atoms with Crippen LogP contribution in [0.15, 0.2) is 12.1 Å². The van der Waals surface area contributed by atoms with Crippen molar-refractivity contribution >= 4 is 22.6 Å². The average Bonchev–Trinajstić information content (AvgIpc) is 2.43. The van der Waals surface area contributed by atoms with Gasteiger partial charge >= 0.3 is 0 Å². The molecule has 16 heavy (non-hydrogen) atoms. The number of rotatable bonds is 1. The Bertz CT molecular complexity index is 549. The lowest BCUT2D eigenvalue weighted by Gasteiger charge is -2.17. The smallest absolute Gasteiger partial charge is 0.129 e. The van der Waals surface area contributed by atoms with E-state index in [9.17, 15) is 0 Å². The number of imidazole rings is 1. The molecule has 0 bridgehead atoms. The van der Waals surface area contributed by atoms with E-state index in [1.54, 1.807) is 0 Å². The van der Waals surface area contributed by atoms with Gasteiger partial charge in [0.2, 0.25) is 0 Å². The number of hydrogen-bond donors (Lipinski definition) is 1. The predicted molar refractivity (Wildman–Crippen MR) is 67.7 cm³/mol. The van der Waals surface area contributed by atoms with E-state index < -0.39 is 5.54 Å². The number of aryl methyl sites for hydroxylation is 2. The largest absolute Gasteiger partial charge is 0.330 e. The Morgan fingerprint density at radius 2 is 2.00 bits per heavy atom. The third kappa shape index (κ3) is 1.70. The third-order valence-electron chi connectivity index (χ3n) is 2.72. The van der Waals surface area contributed by atoms with Crippen molar-refractivity contribution < 1.29 is 0 Å². The van der Waals surface area contributed by atoms with Crippen molar-refractivity contribution in [2.45, 2.75) is 26.3 Å². The molecule has 0 spiro atoms. The van der Waals surface area contributed by atoms with Crippen LogP contribution in [0.25, 0.3) is 11.0 Å². The summed E-state index contributed by atoms with van der Waals surface area (Å²) >= 11 is 6.05. The van der Waals surface area contributed by atoms with Crippen LogP contribution in [0.2, 0.25) is 5.02 Å². The maximum absolute atomic E-state index is 6.09. The molecule has 86 valence electrons. The van der Waals surface area contributed by atoms with Crippen molar-refractivity contribution in [1.82, 2.24) is 9.55 Å². The minimum Gasteiger partial charge on any atom is -0.330 e. The summed E-state index contributed by atoms with van der Waals surface area (Å²) in [5, 5.41) is 0.731. The number of aromatic nitrogens is 2. The van der Waals surface area contributed by atoms with Crippen LogP contribution < -0.4 is 5.73 Å². The van der Waals surface area contributed by atoms with Gasteiger partial charge in [-0.3, -0.25) is 0 Å². The van der Waals surface area contributed by atoms with Crippen molar-refractivity contribution in [1.29, 1.82) is 0 Å². The maximum atomic E-state index is 6.09. The molecule has 0 aliphatic rings. The number of hydrogen-bond acceptors (Lipinski definition) is 2. The zero-order valence-corrected chi connectivity index (χ0v) is 10.8. The van der Waals surface area contributed by atoms with E-state index in [4.69, 9.17) is 17.3 Å². The van der Waals surface area contributed by atoms with Gasteiger partial charge < -0.3 is 10.3 Å². The normalized spacial score (nSPS) is 12.4. The third-order valence-corrected chi connectivity index (χ3v) is 2.94. The summed E-state index contributed by atoms with van der Waals surface area (Å²) in [6.07, 6.45) is 0. The molecule has 0 aliphatic heterocycles. The van der Waals surface area contributed by atoms with Crippen molar-refractivity contribution in [2.24, 2.45) is 12.8 Å². The summed E-state index contributed by atoms with van der Waals surface area (Å²) < 4.78 is 2.01. The van der Waals surface area contributed by atoms with Gasteiger partial charge in [-0.25, -0.2) is 4.98 Å². The molecule has 0 unspecified atom stereocenters. The molecule has 1 aromatic heterocycles. The van der Waals surface area contributed by atoms with Crippen molar-refractivity contribution in [3.8, 4) is 0 Å². The molecule has 1 heterocycles. The molecule has 0 radical (unpaired) electrons. The SMILES string of the molecule is Cc1cc(Cl)cc2c1nc(C(C)(C)N)n2C. The van der Waals surface area contributed by atoms with Gasteiger partial charge in [0.1, 0.15) is 5.82 Å². The van der Waals surface area contributed by atoms with Crippen LogP contribution in [0.5, 0.6) is 0 Å². The zero-order chi connectivity index (χ0) is 12.1. The van der Waals surface area contributed by atoms with E-state index in [2.05, 4.69) is 4.98 Å². The fourth-order valence-corrected chi connectivity index (χ4v) is 2.26. The molecule has 2 rings (SSSR count). The van der Waals surface area contributed by atoms with Gasteiger partial charge in [-0.15, -0.1) is 0 Å². The van der Waals surface area contributed by atoms with Crippen molar-refractivity contribution in [2.75, 3.05) is 0 Å². The van der Waals surface area contributed by atoms with Crippen LogP contribution in [-0.2, 0) is 12.6 Å². The van der Waals surface area contributed by atoms with Gasteiger partial charge in [-0.1, -0.05) is 11.6 Å². The monoisotopic (exact) mass is 237 g/mol. The average molecular weight is 238 g/mol. The molecule has 0 saturated heterocycles. The van der Waals surface area contributed by atoms with Gasteiger partial charge in [0, 0.05) is 12.1 Å². The van der Waals surface area contributed by atoms with E-state index >= 15 is 0 Å². The highest BCUT2D eigenvalue weighted by Gasteiger charge is 2.22. The summed E-state index contributed by atoms with van der Waals surface area (Å²) in [5.41, 5.74) is 8.72. The molecular formula is C12H16ClN3. The Morgan fingerprint density at radius 3 is 2.56 bits per heavy atom. The number of fused-ring (bicyclic) bond motifs is 1. The summed E-state index contributed by atoms with van der Waals surface area (Å²) in [6.45, 7) is 5.91. The maximum Gasteiger partial charge on any atom is 0.129 e. The second-order valence-electron chi connectivity index (χ2n) is 4.81. The molecule has 0 amide bonds. The number of benzene rings is 1. The predicted octanol–water partition coefficient (Wildman–Crippen LogP) is 2.73. The number of halogens is 1. The Labute approximate surface area is 100 Å². The summed E-state index contributed by atoms with van der Waals surface area (Å²) in [4.78, 5) is 4.60. The van der Waals surface area contributed by atoms with Gasteiger partial charge in [0.25, 0.3) is 0 Å². The highest BCUT2D eigenvalue weighted by molar-refractivity contribution is 6.31. The van der Waals surface area contributed by atoms with Gasteiger partial charge in [0.15, 0.2) is 0 Å². The Morgan fingerprint density at radius 1 is 1.38 bits per heavy atom. The first kappa shape index (κ1) is 11.4. The first-order chi connectivity index (χ1) is 7.30. The molecule has 0 atom stereocenters. The fourth-order valence-electron chi connectivity index (χ4n) is 1.99. The zero-order valence-electron chi connectivity index (χ0n) is 10.0. The molecule has 3 nitrogen and oxygen atoms in total. The fraction of sp³-hybridized carbons (Fsp3) is 0.417. The van der Waals surface area contributed by atoms with Gasteiger partial charge in [-0.05, 0) is 38.5 Å². The van der Waals surface area contributed by atoms with Crippen LogP contribution >= 0.6 is 11.6 Å². The highest BCUT2D eigenvalue weighted by Crippen LogP contribution is 2.26. The Kier molecular flexibility index (Phi) is 2.48. The number of nitrogens with zero attached hydrogens (tertiary/aromatic N) is 2. The summed E-state index contributed by atoms with van der Waals surface area (Å²) in [7, 11) is 1.97. The Hall–Kier alpha value is -1.06. The second-order valence-corrected chi connectivity index (χ2v) is 5.24. The molecule has 0 saturated carbocycles. The van der Waals surface area contributed by atoms with Crippen LogP contribution in [0, 0.1) is 6.92 Å². The topological polar surface area (TPSA) is 43.8 Å². The summed E-state index contributed by atoms with van der Waals surface area (Å²) in [6, 6.07) is 3.84. The van der Waals surface area contributed by atoms with Crippen molar-refractivity contribution in [3.63, 3.8) is 0 Å². The molecule has 4 heteroatoms. The van der Waals surface area contributed by atoms with E-state index in [0.29, 0.717) is 0 Å². The van der Waals surface area contributed by atoms with Crippen LogP contribution in [0.4, 0.5) is 0 Å². The minimum absolute atomic E-state index is 0.452. The Balaban J connectivity index is 2.83. The van der Waals surface area contributed by atoms with E-state index in [1.807, 2.05) is 44.5 Å². The molecule has 2 N–H and O–H groups in total. The minimum atomic E-state index is -0.452. The summed E-state index contributed by atoms with van der Waals surface area (Å²) in [5.74, 6) is 0.868. The van der Waals surface area contributed by atoms with Crippen LogP contribution in [0.3, 0.4) is 0 Å². The quantitative estimate of drug-likeness (QED) is 0.829. The molecular weight excluding hydrogens is 222 g/mol. The number of nitrogens with two attached hydrogens (primary N) is 1. The first-order valence-corrected chi connectivity index (χ1v) is 5.60. The molecule has 1 aromatic carbocycles. The highest BCUT2D eigenvalue weighted by atomic mass is 35.5. The second kappa shape index (κ2) is 3.47. The van der Waals surface area contributed by atoms with Crippen LogP contribution in [0.1, 0.15) is 25.2 Å². The lowest BCUT2D eigenvalue weighted by Crippen LogP contribution is -2.32. The van der Waals surface area contributed by atoms with Gasteiger partial charge in [-0.2, -0.15) is 0 Å². The van der Waals surface area contributed by atoms with Crippen LogP contribution in [-0.4, -0.2) is 9.55 Å². The van der Waals surface area contributed by atoms with Gasteiger partial charge in [0.05, 0.1) is 16.6 Å². The standard InChI is InChI=1S/C12H16ClN3/c1-7-5-8(13)6-9-10(7)15-11(16(9)4)12(2,3)14/h5-6H,14H2,1-4H3. The molecule has 2 aromatic rings.